The molecule has 1 atom stereocenters. The zero-order chi connectivity index (χ0) is 10.2. The third-order valence-corrected chi connectivity index (χ3v) is 1.74. The lowest BCUT2D eigenvalue weighted by atomic mass is 10.1. The molecular weight excluding hydrogens is 178 g/mol. The molecule has 3 heteroatoms. The van der Waals surface area contributed by atoms with Gasteiger partial charge in [0.2, 0.25) is 0 Å². The van der Waals surface area contributed by atoms with E-state index in [2.05, 4.69) is 5.16 Å². The summed E-state index contributed by atoms with van der Waals surface area (Å²) >= 11 is 0. The Morgan fingerprint density at radius 1 is 1.29 bits per heavy atom. The maximum absolute atomic E-state index is 9.35. The molecule has 0 bridgehead atoms. The summed E-state index contributed by atoms with van der Waals surface area (Å²) in [5.74, 6) is 0. The van der Waals surface area contributed by atoms with Crippen LogP contribution in [0.15, 0.2) is 41.6 Å². The Balaban J connectivity index is 2.47. The monoisotopic (exact) mass is 191 g/mol. The maximum Gasteiger partial charge on any atom is 0.0774 e. The Labute approximate surface area is 83.0 Å². The van der Waals surface area contributed by atoms with Gasteiger partial charge in [-0.1, -0.05) is 42.5 Å². The zero-order valence-corrected chi connectivity index (χ0v) is 7.74. The second-order valence-corrected chi connectivity index (χ2v) is 2.87. The van der Waals surface area contributed by atoms with Crippen molar-refractivity contribution in [2.45, 2.75) is 12.5 Å². The van der Waals surface area contributed by atoms with Crippen LogP contribution in [-0.4, -0.2) is 22.6 Å². The fraction of sp³-hybridized carbons (Fsp3) is 0.182. The summed E-state index contributed by atoms with van der Waals surface area (Å²) in [6, 6.07) is 9.70. The minimum absolute atomic E-state index is 0.319. The van der Waals surface area contributed by atoms with Crippen LogP contribution in [-0.2, 0) is 0 Å². The minimum Gasteiger partial charge on any atom is -0.411 e. The van der Waals surface area contributed by atoms with E-state index in [-0.39, 0.29) is 0 Å². The highest BCUT2D eigenvalue weighted by Gasteiger charge is 1.94. The molecule has 0 saturated heterocycles. The predicted octanol–water partition coefficient (Wildman–Crippen LogP) is 1.91. The van der Waals surface area contributed by atoms with Gasteiger partial charge in [0.15, 0.2) is 0 Å². The van der Waals surface area contributed by atoms with Crippen LogP contribution in [0.2, 0.25) is 0 Å². The molecule has 0 saturated carbocycles. The van der Waals surface area contributed by atoms with Crippen molar-refractivity contribution in [2.24, 2.45) is 5.16 Å². The molecule has 3 nitrogen and oxygen atoms in total. The predicted molar refractivity (Wildman–Crippen MR) is 56.4 cm³/mol. The van der Waals surface area contributed by atoms with Gasteiger partial charge in [0.25, 0.3) is 0 Å². The first-order chi connectivity index (χ1) is 6.83. The summed E-state index contributed by atoms with van der Waals surface area (Å²) in [7, 11) is 0. The highest BCUT2D eigenvalue weighted by molar-refractivity contribution is 5.58. The summed E-state index contributed by atoms with van der Waals surface area (Å²) in [4.78, 5) is 0. The third-order valence-electron chi connectivity index (χ3n) is 1.74. The topological polar surface area (TPSA) is 52.8 Å². The Bertz CT molecular complexity index is 306. The van der Waals surface area contributed by atoms with E-state index in [1.54, 1.807) is 6.08 Å². The molecule has 0 amide bonds. The summed E-state index contributed by atoms with van der Waals surface area (Å²) in [6.45, 7) is 0. The van der Waals surface area contributed by atoms with Gasteiger partial charge in [0, 0.05) is 12.6 Å². The SMILES string of the molecule is O/N=C\CC(O)/C=C/c1ccccc1. The molecule has 0 aliphatic rings. The Kier molecular flexibility index (Phi) is 4.44. The van der Waals surface area contributed by atoms with Crippen LogP contribution in [0.5, 0.6) is 0 Å². The lowest BCUT2D eigenvalue weighted by molar-refractivity contribution is 0.231. The molecular formula is C11H13NO2. The fourth-order valence-electron chi connectivity index (χ4n) is 1.02. The van der Waals surface area contributed by atoms with Crippen molar-refractivity contribution in [1.82, 2.24) is 0 Å². The van der Waals surface area contributed by atoms with Crippen LogP contribution < -0.4 is 0 Å². The average Bonchev–Trinajstić information content (AvgIpc) is 2.25. The van der Waals surface area contributed by atoms with Crippen molar-refractivity contribution in [3.8, 4) is 0 Å². The standard InChI is InChI=1S/C11H13NO2/c13-11(8-9-12-14)7-6-10-4-2-1-3-5-10/h1-7,9,11,13-14H,8H2/b7-6+,12-9-. The largest absolute Gasteiger partial charge is 0.411 e. The Hall–Kier alpha value is -1.61. The van der Waals surface area contributed by atoms with Gasteiger partial charge in [0.1, 0.15) is 0 Å². The summed E-state index contributed by atoms with van der Waals surface area (Å²) in [6.07, 6.45) is 4.47. The average molecular weight is 191 g/mol. The summed E-state index contributed by atoms with van der Waals surface area (Å²) in [5.41, 5.74) is 1.03. The van der Waals surface area contributed by atoms with Crippen LogP contribution in [0, 0.1) is 0 Å². The van der Waals surface area contributed by atoms with Gasteiger partial charge in [-0.15, -0.1) is 5.16 Å². The van der Waals surface area contributed by atoms with Crippen molar-refractivity contribution in [2.75, 3.05) is 0 Å². The highest BCUT2D eigenvalue weighted by atomic mass is 16.4. The quantitative estimate of drug-likeness (QED) is 0.434. The molecule has 0 heterocycles. The van der Waals surface area contributed by atoms with Crippen molar-refractivity contribution in [1.29, 1.82) is 0 Å². The second kappa shape index (κ2) is 5.94. The lowest BCUT2D eigenvalue weighted by Crippen LogP contribution is -2.01. The number of benzene rings is 1. The van der Waals surface area contributed by atoms with Crippen molar-refractivity contribution in [3.63, 3.8) is 0 Å². The minimum atomic E-state index is -0.605. The lowest BCUT2D eigenvalue weighted by Gasteiger charge is -1.98. The molecule has 1 aromatic rings. The van der Waals surface area contributed by atoms with Crippen LogP contribution in [0.25, 0.3) is 6.08 Å². The third kappa shape index (κ3) is 3.87. The molecule has 0 radical (unpaired) electrons. The molecule has 14 heavy (non-hydrogen) atoms. The van der Waals surface area contributed by atoms with Crippen LogP contribution in [0.1, 0.15) is 12.0 Å². The normalized spacial score (nSPS) is 13.8. The number of nitrogens with zero attached hydrogens (tertiary/aromatic N) is 1. The van der Waals surface area contributed by atoms with Crippen molar-refractivity contribution in [3.05, 3.63) is 42.0 Å². The molecule has 1 rings (SSSR count). The molecule has 1 unspecified atom stereocenters. The molecule has 0 spiro atoms. The maximum atomic E-state index is 9.35. The van der Waals surface area contributed by atoms with Gasteiger partial charge in [0.05, 0.1) is 6.10 Å². The molecule has 0 fully saturated rings. The van der Waals surface area contributed by atoms with E-state index in [4.69, 9.17) is 5.21 Å². The number of aliphatic hydroxyl groups excluding tert-OH is 1. The first-order valence-electron chi connectivity index (χ1n) is 4.40. The van der Waals surface area contributed by atoms with Crippen molar-refractivity contribution >= 4 is 12.3 Å². The highest BCUT2D eigenvalue weighted by Crippen LogP contribution is 2.02. The summed E-state index contributed by atoms with van der Waals surface area (Å²) in [5, 5.41) is 20.3. The zero-order valence-electron chi connectivity index (χ0n) is 7.74. The molecule has 0 aliphatic carbocycles. The smallest absolute Gasteiger partial charge is 0.0774 e. The van der Waals surface area contributed by atoms with Crippen molar-refractivity contribution < 1.29 is 10.3 Å². The fourth-order valence-corrected chi connectivity index (χ4v) is 1.02. The van der Waals surface area contributed by atoms with Crippen LogP contribution in [0.3, 0.4) is 0 Å². The van der Waals surface area contributed by atoms with E-state index in [1.165, 1.54) is 6.21 Å². The van der Waals surface area contributed by atoms with E-state index in [1.807, 2.05) is 36.4 Å². The van der Waals surface area contributed by atoms with E-state index in [0.717, 1.165) is 5.56 Å². The number of hydrogen-bond donors (Lipinski definition) is 2. The first kappa shape index (κ1) is 10.5. The number of oxime groups is 1. The second-order valence-electron chi connectivity index (χ2n) is 2.87. The van der Waals surface area contributed by atoms with E-state index in [0.29, 0.717) is 6.42 Å². The van der Waals surface area contributed by atoms with Gasteiger partial charge in [-0.3, -0.25) is 0 Å². The first-order valence-corrected chi connectivity index (χ1v) is 4.40. The number of rotatable bonds is 4. The van der Waals surface area contributed by atoms with Crippen LogP contribution >= 0.6 is 0 Å². The molecule has 0 aliphatic heterocycles. The van der Waals surface area contributed by atoms with Gasteiger partial charge < -0.3 is 10.3 Å². The van der Waals surface area contributed by atoms with E-state index >= 15 is 0 Å². The van der Waals surface area contributed by atoms with Gasteiger partial charge in [-0.25, -0.2) is 0 Å². The molecule has 0 aromatic heterocycles. The molecule has 2 N–H and O–H groups in total. The van der Waals surface area contributed by atoms with Gasteiger partial charge in [-0.05, 0) is 5.56 Å². The van der Waals surface area contributed by atoms with E-state index in [9.17, 15) is 5.11 Å². The number of hydrogen-bond acceptors (Lipinski definition) is 3. The Morgan fingerprint density at radius 2 is 2.00 bits per heavy atom. The van der Waals surface area contributed by atoms with Gasteiger partial charge >= 0.3 is 0 Å². The molecule has 74 valence electrons. The molecule has 1 aromatic carbocycles. The van der Waals surface area contributed by atoms with Gasteiger partial charge in [-0.2, -0.15) is 0 Å². The van der Waals surface area contributed by atoms with E-state index < -0.39 is 6.10 Å². The van der Waals surface area contributed by atoms with Crippen LogP contribution in [0.4, 0.5) is 0 Å². The summed E-state index contributed by atoms with van der Waals surface area (Å²) < 4.78 is 0. The number of aliphatic hydroxyl groups is 1. The Morgan fingerprint density at radius 3 is 2.64 bits per heavy atom.